The van der Waals surface area contributed by atoms with Crippen molar-refractivity contribution >= 4 is 17.9 Å². The van der Waals surface area contributed by atoms with Crippen LogP contribution in [0.5, 0.6) is 0 Å². The maximum atomic E-state index is 11.5. The minimum Gasteiger partial charge on any atom is -0.369 e. The Hall–Kier alpha value is -1.65. The van der Waals surface area contributed by atoms with E-state index in [1.807, 2.05) is 6.92 Å². The van der Waals surface area contributed by atoms with E-state index < -0.39 is 0 Å². The van der Waals surface area contributed by atoms with Crippen molar-refractivity contribution in [2.75, 3.05) is 5.73 Å². The summed E-state index contributed by atoms with van der Waals surface area (Å²) in [5.41, 5.74) is 5.99. The van der Waals surface area contributed by atoms with Gasteiger partial charge in [0.1, 0.15) is 5.69 Å². The van der Waals surface area contributed by atoms with Gasteiger partial charge in [0.15, 0.2) is 0 Å². The summed E-state index contributed by atoms with van der Waals surface area (Å²) in [6, 6.07) is 0. The molecule has 5 nitrogen and oxygen atoms in total. The number of nitrogens with one attached hydrogen (secondary N) is 1. The van der Waals surface area contributed by atoms with Crippen LogP contribution in [0, 0.1) is 12.8 Å². The molecular weight excluding hydrogens is 192 g/mol. The molecule has 0 aromatic carbocycles. The predicted octanol–water partition coefficient (Wildman–Crippen LogP) is 1.41. The van der Waals surface area contributed by atoms with Crippen molar-refractivity contribution in [1.82, 2.24) is 9.97 Å². The van der Waals surface area contributed by atoms with Gasteiger partial charge in [0.2, 0.25) is 5.95 Å². The number of nitrogen functional groups attached to an aromatic ring is 1. The smallest absolute Gasteiger partial charge is 0.278 e. The van der Waals surface area contributed by atoms with Crippen molar-refractivity contribution in [3.05, 3.63) is 16.0 Å². The van der Waals surface area contributed by atoms with E-state index in [0.717, 1.165) is 6.42 Å². The zero-order valence-electron chi connectivity index (χ0n) is 9.24. The van der Waals surface area contributed by atoms with Gasteiger partial charge in [-0.2, -0.15) is 0 Å². The Balaban J connectivity index is 3.05. The molecule has 5 heteroatoms. The summed E-state index contributed by atoms with van der Waals surface area (Å²) < 4.78 is 0. The monoisotopic (exact) mass is 208 g/mol. The molecule has 1 rings (SSSR count). The summed E-state index contributed by atoms with van der Waals surface area (Å²) >= 11 is 0. The third kappa shape index (κ3) is 2.90. The third-order valence-corrected chi connectivity index (χ3v) is 2.19. The van der Waals surface area contributed by atoms with Crippen LogP contribution < -0.4 is 11.3 Å². The normalized spacial score (nSPS) is 13.3. The van der Waals surface area contributed by atoms with Gasteiger partial charge in [0.05, 0.1) is 5.69 Å². The van der Waals surface area contributed by atoms with Crippen LogP contribution in [0.4, 0.5) is 11.6 Å². The zero-order valence-corrected chi connectivity index (χ0v) is 9.24. The van der Waals surface area contributed by atoms with Gasteiger partial charge in [-0.15, -0.1) is 0 Å². The second-order valence-corrected chi connectivity index (χ2v) is 3.55. The first kappa shape index (κ1) is 11.4. The number of anilines is 1. The quantitative estimate of drug-likeness (QED) is 0.736. The van der Waals surface area contributed by atoms with E-state index in [-0.39, 0.29) is 11.5 Å². The Morgan fingerprint density at radius 3 is 2.87 bits per heavy atom. The molecule has 1 atom stereocenters. The molecule has 1 unspecified atom stereocenters. The van der Waals surface area contributed by atoms with Crippen LogP contribution in [-0.2, 0) is 0 Å². The van der Waals surface area contributed by atoms with Crippen LogP contribution >= 0.6 is 0 Å². The van der Waals surface area contributed by atoms with E-state index in [0.29, 0.717) is 17.3 Å². The van der Waals surface area contributed by atoms with Gasteiger partial charge in [-0.25, -0.2) is 4.98 Å². The molecule has 15 heavy (non-hydrogen) atoms. The van der Waals surface area contributed by atoms with E-state index in [2.05, 4.69) is 21.9 Å². The Labute approximate surface area is 88.5 Å². The molecule has 0 saturated heterocycles. The van der Waals surface area contributed by atoms with Gasteiger partial charge in [-0.3, -0.25) is 14.8 Å². The fourth-order valence-corrected chi connectivity index (χ4v) is 1.06. The lowest BCUT2D eigenvalue weighted by molar-refractivity contribution is 0.754. The molecule has 1 aromatic rings. The van der Waals surface area contributed by atoms with Crippen molar-refractivity contribution in [1.29, 1.82) is 0 Å². The molecule has 0 amide bonds. The molecule has 0 radical (unpaired) electrons. The molecule has 0 saturated carbocycles. The van der Waals surface area contributed by atoms with Gasteiger partial charge in [0, 0.05) is 6.21 Å². The second kappa shape index (κ2) is 4.72. The molecule has 0 aliphatic carbocycles. The molecule has 0 spiro atoms. The minimum atomic E-state index is -0.292. The standard InChI is InChI=1S/C10H16N4O/c1-4-6(2)5-12-8-7(3)13-10(11)14-9(8)15/h5-6H,4H2,1-3H3,(H3,11,13,14,15)/b12-5-. The fraction of sp³-hybridized carbons (Fsp3) is 0.500. The van der Waals surface area contributed by atoms with Crippen LogP contribution in [0.25, 0.3) is 0 Å². The zero-order chi connectivity index (χ0) is 11.4. The topological polar surface area (TPSA) is 84.1 Å². The first-order valence-corrected chi connectivity index (χ1v) is 4.95. The highest BCUT2D eigenvalue weighted by atomic mass is 16.1. The van der Waals surface area contributed by atoms with E-state index in [4.69, 9.17) is 5.73 Å². The van der Waals surface area contributed by atoms with Crippen LogP contribution in [0.1, 0.15) is 26.0 Å². The molecule has 0 aliphatic rings. The number of aromatic nitrogens is 2. The molecule has 0 fully saturated rings. The molecule has 0 bridgehead atoms. The van der Waals surface area contributed by atoms with Crippen molar-refractivity contribution < 1.29 is 0 Å². The maximum absolute atomic E-state index is 11.5. The molecule has 0 aliphatic heterocycles. The Bertz CT molecular complexity index is 422. The number of nitrogens with two attached hydrogens (primary N) is 1. The molecule has 1 heterocycles. The van der Waals surface area contributed by atoms with E-state index in [1.54, 1.807) is 13.1 Å². The van der Waals surface area contributed by atoms with E-state index >= 15 is 0 Å². The largest absolute Gasteiger partial charge is 0.369 e. The summed E-state index contributed by atoms with van der Waals surface area (Å²) in [6.45, 7) is 5.82. The lowest BCUT2D eigenvalue weighted by atomic mass is 10.1. The van der Waals surface area contributed by atoms with Gasteiger partial charge >= 0.3 is 0 Å². The van der Waals surface area contributed by atoms with Gasteiger partial charge < -0.3 is 5.73 Å². The Morgan fingerprint density at radius 1 is 1.67 bits per heavy atom. The van der Waals surface area contributed by atoms with Crippen molar-refractivity contribution in [2.24, 2.45) is 10.9 Å². The van der Waals surface area contributed by atoms with Crippen LogP contribution in [0.15, 0.2) is 9.79 Å². The summed E-state index contributed by atoms with van der Waals surface area (Å²) in [5, 5.41) is 0. The van der Waals surface area contributed by atoms with Crippen LogP contribution in [0.3, 0.4) is 0 Å². The summed E-state index contributed by atoms with van der Waals surface area (Å²) in [4.78, 5) is 22.0. The number of aryl methyl sites for hydroxylation is 1. The van der Waals surface area contributed by atoms with Crippen molar-refractivity contribution in [2.45, 2.75) is 27.2 Å². The number of hydrogen-bond acceptors (Lipinski definition) is 4. The number of aromatic amines is 1. The highest BCUT2D eigenvalue weighted by molar-refractivity contribution is 5.65. The Morgan fingerprint density at radius 2 is 2.33 bits per heavy atom. The minimum absolute atomic E-state index is 0.125. The van der Waals surface area contributed by atoms with Crippen LogP contribution in [-0.4, -0.2) is 16.2 Å². The highest BCUT2D eigenvalue weighted by Crippen LogP contribution is 2.10. The second-order valence-electron chi connectivity index (χ2n) is 3.55. The maximum Gasteiger partial charge on any atom is 0.278 e. The van der Waals surface area contributed by atoms with Gasteiger partial charge in [-0.05, 0) is 19.3 Å². The number of hydrogen-bond donors (Lipinski definition) is 2. The Kier molecular flexibility index (Phi) is 3.60. The average Bonchev–Trinajstić information content (AvgIpc) is 2.15. The van der Waals surface area contributed by atoms with Gasteiger partial charge in [0.25, 0.3) is 5.56 Å². The lowest BCUT2D eigenvalue weighted by Gasteiger charge is -2.01. The number of aliphatic imine (C=N–C) groups is 1. The van der Waals surface area contributed by atoms with Crippen LogP contribution in [0.2, 0.25) is 0 Å². The SMILES string of the molecule is CCC(C)/C=N\c1c(C)nc(N)[nH]c1=O. The highest BCUT2D eigenvalue weighted by Gasteiger charge is 2.04. The number of H-pyrrole nitrogens is 1. The molecule has 1 aromatic heterocycles. The van der Waals surface area contributed by atoms with Gasteiger partial charge in [-0.1, -0.05) is 13.8 Å². The third-order valence-electron chi connectivity index (χ3n) is 2.19. The number of nitrogens with zero attached hydrogens (tertiary/aromatic N) is 2. The predicted molar refractivity (Wildman–Crippen MR) is 61.6 cm³/mol. The van der Waals surface area contributed by atoms with Crippen molar-refractivity contribution in [3.63, 3.8) is 0 Å². The molecule has 3 N–H and O–H groups in total. The lowest BCUT2D eigenvalue weighted by Crippen LogP contribution is -2.12. The first-order valence-electron chi connectivity index (χ1n) is 4.95. The average molecular weight is 208 g/mol. The van der Waals surface area contributed by atoms with E-state index in [9.17, 15) is 4.79 Å². The number of rotatable bonds is 3. The van der Waals surface area contributed by atoms with Crippen molar-refractivity contribution in [3.8, 4) is 0 Å². The van der Waals surface area contributed by atoms with E-state index in [1.165, 1.54) is 0 Å². The fourth-order valence-electron chi connectivity index (χ4n) is 1.06. The summed E-state index contributed by atoms with van der Waals surface area (Å²) in [7, 11) is 0. The summed E-state index contributed by atoms with van der Waals surface area (Å²) in [5.74, 6) is 0.473. The first-order chi connectivity index (χ1) is 7.04. The molecular formula is C10H16N4O. The molecule has 82 valence electrons. The summed E-state index contributed by atoms with van der Waals surface area (Å²) in [6.07, 6.45) is 2.75.